The van der Waals surface area contributed by atoms with Crippen LogP contribution in [0.4, 0.5) is 0 Å². The van der Waals surface area contributed by atoms with Gasteiger partial charge in [0, 0.05) is 38.4 Å². The molecule has 2 heterocycles. The maximum Gasteiger partial charge on any atom is 0.193 e. The van der Waals surface area contributed by atoms with Crippen molar-refractivity contribution in [1.82, 2.24) is 20.0 Å². The van der Waals surface area contributed by atoms with E-state index in [2.05, 4.69) is 64.6 Å². The molecule has 0 unspecified atom stereocenters. The first-order chi connectivity index (χ1) is 11.6. The van der Waals surface area contributed by atoms with Gasteiger partial charge in [0.15, 0.2) is 5.96 Å². The number of nitrogens with one attached hydrogen (secondary N) is 1. The van der Waals surface area contributed by atoms with E-state index in [1.54, 1.807) is 0 Å². The molecular formula is C19H27N5. The van der Waals surface area contributed by atoms with Crippen LogP contribution in [0.15, 0.2) is 47.7 Å². The van der Waals surface area contributed by atoms with Crippen LogP contribution in [0.3, 0.4) is 0 Å². The molecule has 5 nitrogen and oxygen atoms in total. The van der Waals surface area contributed by atoms with Gasteiger partial charge in [-0.1, -0.05) is 44.2 Å². The molecule has 3 rings (SSSR count). The van der Waals surface area contributed by atoms with E-state index < -0.39 is 0 Å². The number of aromatic nitrogens is 2. The molecule has 0 bridgehead atoms. The van der Waals surface area contributed by atoms with E-state index in [0.717, 1.165) is 32.1 Å². The van der Waals surface area contributed by atoms with Crippen LogP contribution in [0.1, 0.15) is 31.4 Å². The molecule has 1 aromatic heterocycles. The molecule has 0 amide bonds. The summed E-state index contributed by atoms with van der Waals surface area (Å²) in [6.45, 7) is 8.30. The number of hydrogen-bond acceptors (Lipinski definition) is 2. The van der Waals surface area contributed by atoms with Crippen LogP contribution in [0.2, 0.25) is 0 Å². The highest BCUT2D eigenvalue weighted by molar-refractivity contribution is 5.80. The van der Waals surface area contributed by atoms with E-state index >= 15 is 0 Å². The maximum atomic E-state index is 4.46. The smallest absolute Gasteiger partial charge is 0.193 e. The third-order valence-electron chi connectivity index (χ3n) is 4.51. The van der Waals surface area contributed by atoms with Gasteiger partial charge >= 0.3 is 0 Å². The van der Waals surface area contributed by atoms with Gasteiger partial charge in [0.2, 0.25) is 0 Å². The highest BCUT2D eigenvalue weighted by Gasteiger charge is 2.30. The summed E-state index contributed by atoms with van der Waals surface area (Å²) < 4.78 is 1.98. The molecule has 1 aliphatic heterocycles. The van der Waals surface area contributed by atoms with E-state index in [1.165, 1.54) is 17.5 Å². The summed E-state index contributed by atoms with van der Waals surface area (Å²) in [4.78, 5) is 6.77. The van der Waals surface area contributed by atoms with Crippen LogP contribution in [-0.4, -0.2) is 40.8 Å². The minimum absolute atomic E-state index is 0.373. The lowest BCUT2D eigenvalue weighted by Gasteiger charge is -2.23. The van der Waals surface area contributed by atoms with Crippen molar-refractivity contribution in [3.8, 4) is 0 Å². The fraction of sp³-hybridized carbons (Fsp3) is 0.474. The quantitative estimate of drug-likeness (QED) is 0.694. The van der Waals surface area contributed by atoms with Gasteiger partial charge in [-0.25, -0.2) is 0 Å². The van der Waals surface area contributed by atoms with Crippen LogP contribution < -0.4 is 5.32 Å². The van der Waals surface area contributed by atoms with Crippen molar-refractivity contribution < 1.29 is 0 Å². The number of hydrogen-bond donors (Lipinski definition) is 1. The zero-order chi connectivity index (χ0) is 17.0. The average molecular weight is 325 g/mol. The molecule has 1 saturated heterocycles. The number of rotatable bonds is 4. The Bertz CT molecular complexity index is 687. The number of guanidine groups is 1. The zero-order valence-corrected chi connectivity index (χ0v) is 14.9. The van der Waals surface area contributed by atoms with Gasteiger partial charge in [-0.2, -0.15) is 5.10 Å². The van der Waals surface area contributed by atoms with Gasteiger partial charge < -0.3 is 10.2 Å². The monoisotopic (exact) mass is 325 g/mol. The molecule has 0 atom stereocenters. The maximum absolute atomic E-state index is 4.46. The van der Waals surface area contributed by atoms with Crippen LogP contribution >= 0.6 is 0 Å². The molecule has 0 saturated carbocycles. The second kappa shape index (κ2) is 7.07. The lowest BCUT2D eigenvalue weighted by molar-refractivity contribution is 0.370. The van der Waals surface area contributed by atoms with Gasteiger partial charge in [-0.3, -0.25) is 9.67 Å². The van der Waals surface area contributed by atoms with Crippen molar-refractivity contribution in [2.24, 2.45) is 10.4 Å². The van der Waals surface area contributed by atoms with E-state index in [4.69, 9.17) is 0 Å². The lowest BCUT2D eigenvalue weighted by atomic mass is 9.93. The molecule has 0 radical (unpaired) electrons. The Balaban J connectivity index is 1.55. The van der Waals surface area contributed by atoms with Crippen molar-refractivity contribution in [1.29, 1.82) is 0 Å². The second-order valence-corrected chi connectivity index (χ2v) is 7.27. The SMILES string of the molecule is CN=C(NCc1cnn(Cc2ccccc2)c1)N1CCC(C)(C)C1. The first-order valence-corrected chi connectivity index (χ1v) is 8.57. The van der Waals surface area contributed by atoms with Gasteiger partial charge in [-0.05, 0) is 17.4 Å². The van der Waals surface area contributed by atoms with E-state index in [-0.39, 0.29) is 0 Å². The molecule has 1 aliphatic rings. The Labute approximate surface area is 144 Å². The number of benzene rings is 1. The Hall–Kier alpha value is -2.30. The van der Waals surface area contributed by atoms with E-state index in [9.17, 15) is 0 Å². The first kappa shape index (κ1) is 16.6. The van der Waals surface area contributed by atoms with Crippen molar-refractivity contribution >= 4 is 5.96 Å². The summed E-state index contributed by atoms with van der Waals surface area (Å²) >= 11 is 0. The van der Waals surface area contributed by atoms with Crippen LogP contribution in [-0.2, 0) is 13.1 Å². The molecular weight excluding hydrogens is 298 g/mol. The molecule has 128 valence electrons. The molecule has 1 aromatic carbocycles. The number of likely N-dealkylation sites (tertiary alicyclic amines) is 1. The Morgan fingerprint density at radius 3 is 2.71 bits per heavy atom. The number of nitrogens with zero attached hydrogens (tertiary/aromatic N) is 4. The minimum Gasteiger partial charge on any atom is -0.352 e. The largest absolute Gasteiger partial charge is 0.352 e. The predicted molar refractivity (Wildman–Crippen MR) is 97.9 cm³/mol. The highest BCUT2D eigenvalue weighted by atomic mass is 15.3. The standard InChI is InChI=1S/C19H27N5/c1-19(2)9-10-23(15-19)18(20-3)21-11-17-12-22-24(14-17)13-16-7-5-4-6-8-16/h4-8,12,14H,9-11,13,15H2,1-3H3,(H,20,21). The number of aliphatic imine (C=N–C) groups is 1. The summed E-state index contributed by atoms with van der Waals surface area (Å²) in [5.74, 6) is 0.983. The average Bonchev–Trinajstić information content (AvgIpc) is 3.15. The second-order valence-electron chi connectivity index (χ2n) is 7.27. The van der Waals surface area contributed by atoms with Crippen molar-refractivity contribution in [3.05, 3.63) is 53.9 Å². The van der Waals surface area contributed by atoms with Crippen molar-refractivity contribution in [3.63, 3.8) is 0 Å². The molecule has 5 heteroatoms. The van der Waals surface area contributed by atoms with E-state index in [0.29, 0.717) is 5.41 Å². The van der Waals surface area contributed by atoms with Gasteiger partial charge in [0.1, 0.15) is 0 Å². The fourth-order valence-electron chi connectivity index (χ4n) is 3.16. The summed E-state index contributed by atoms with van der Waals surface area (Å²) in [5.41, 5.74) is 2.80. The summed E-state index contributed by atoms with van der Waals surface area (Å²) in [6, 6.07) is 10.4. The molecule has 0 aliphatic carbocycles. The Kier molecular flexibility index (Phi) is 4.88. The van der Waals surface area contributed by atoms with Crippen LogP contribution in [0.5, 0.6) is 0 Å². The minimum atomic E-state index is 0.373. The Morgan fingerprint density at radius 1 is 1.25 bits per heavy atom. The van der Waals surface area contributed by atoms with Gasteiger partial charge in [-0.15, -0.1) is 0 Å². The normalized spacial score (nSPS) is 17.3. The Morgan fingerprint density at radius 2 is 2.04 bits per heavy atom. The topological polar surface area (TPSA) is 45.5 Å². The zero-order valence-electron chi connectivity index (χ0n) is 14.9. The highest BCUT2D eigenvalue weighted by Crippen LogP contribution is 2.28. The summed E-state index contributed by atoms with van der Waals surface area (Å²) in [6.07, 6.45) is 5.24. The summed E-state index contributed by atoms with van der Waals surface area (Å²) in [7, 11) is 1.85. The van der Waals surface area contributed by atoms with Crippen molar-refractivity contribution in [2.75, 3.05) is 20.1 Å². The molecule has 2 aromatic rings. The molecule has 0 spiro atoms. The molecule has 1 N–H and O–H groups in total. The third kappa shape index (κ3) is 4.16. The predicted octanol–water partition coefficient (Wildman–Crippen LogP) is 2.74. The fourth-order valence-corrected chi connectivity index (χ4v) is 3.16. The lowest BCUT2D eigenvalue weighted by Crippen LogP contribution is -2.40. The first-order valence-electron chi connectivity index (χ1n) is 8.57. The van der Waals surface area contributed by atoms with Crippen LogP contribution in [0, 0.1) is 5.41 Å². The van der Waals surface area contributed by atoms with E-state index in [1.807, 2.05) is 24.0 Å². The van der Waals surface area contributed by atoms with Gasteiger partial charge in [0.25, 0.3) is 0 Å². The summed E-state index contributed by atoms with van der Waals surface area (Å²) in [5, 5.41) is 7.92. The van der Waals surface area contributed by atoms with Gasteiger partial charge in [0.05, 0.1) is 12.7 Å². The third-order valence-corrected chi connectivity index (χ3v) is 4.51. The van der Waals surface area contributed by atoms with Crippen LogP contribution in [0.25, 0.3) is 0 Å². The molecule has 24 heavy (non-hydrogen) atoms. The van der Waals surface area contributed by atoms with Crippen molar-refractivity contribution in [2.45, 2.75) is 33.4 Å². The molecule has 1 fully saturated rings.